The molecule has 1 amide bonds. The second kappa shape index (κ2) is 7.31. The topological polar surface area (TPSA) is 66.8 Å². The summed E-state index contributed by atoms with van der Waals surface area (Å²) in [6.45, 7) is 0.930. The fourth-order valence-electron chi connectivity index (χ4n) is 2.45. The first-order valence-electron chi connectivity index (χ1n) is 7.04. The number of hydrogen-bond donors (Lipinski definition) is 1. The van der Waals surface area contributed by atoms with Crippen LogP contribution >= 0.6 is 11.6 Å². The molecule has 0 aliphatic carbocycles. The molecular weight excluding hydrogens is 306 g/mol. The zero-order valence-electron chi connectivity index (χ0n) is 12.3. The molecule has 6 heteroatoms. The second-order valence-corrected chi connectivity index (χ2v) is 5.59. The summed E-state index contributed by atoms with van der Waals surface area (Å²) in [5.74, 6) is -0.628. The van der Waals surface area contributed by atoms with Crippen LogP contribution in [0.15, 0.2) is 24.3 Å². The summed E-state index contributed by atoms with van der Waals surface area (Å²) in [6.07, 6.45) is 4.12. The standard InChI is InChI=1S/C16H18ClNO4/c1-22-14-4-3-13(17)10-12(14)2-5-15(19)18-8-6-11(7-9-18)16(20)21/h2-5,10-11H,6-9H2,1H3,(H,20,21)/b5-2+. The number of likely N-dealkylation sites (tertiary alicyclic amines) is 1. The number of rotatable bonds is 4. The number of aliphatic carboxylic acids is 1. The number of carboxylic acids is 1. The second-order valence-electron chi connectivity index (χ2n) is 5.16. The van der Waals surface area contributed by atoms with Gasteiger partial charge in [-0.15, -0.1) is 0 Å². The smallest absolute Gasteiger partial charge is 0.306 e. The quantitative estimate of drug-likeness (QED) is 0.865. The lowest BCUT2D eigenvalue weighted by Crippen LogP contribution is -2.39. The maximum absolute atomic E-state index is 12.2. The molecule has 0 spiro atoms. The summed E-state index contributed by atoms with van der Waals surface area (Å²) in [5, 5.41) is 9.52. The van der Waals surface area contributed by atoms with E-state index in [1.807, 2.05) is 0 Å². The molecule has 1 N–H and O–H groups in total. The molecule has 1 saturated heterocycles. The van der Waals surface area contributed by atoms with Crippen LogP contribution in [0.5, 0.6) is 5.75 Å². The lowest BCUT2D eigenvalue weighted by molar-refractivity contribution is -0.144. The number of carbonyl (C=O) groups excluding carboxylic acids is 1. The van der Waals surface area contributed by atoms with Crippen LogP contribution in [-0.2, 0) is 9.59 Å². The van der Waals surface area contributed by atoms with Gasteiger partial charge in [0.1, 0.15) is 5.75 Å². The zero-order chi connectivity index (χ0) is 16.1. The fourth-order valence-corrected chi connectivity index (χ4v) is 2.63. The molecule has 1 aliphatic rings. The predicted octanol–water partition coefficient (Wildman–Crippen LogP) is 2.69. The van der Waals surface area contributed by atoms with Gasteiger partial charge in [-0.25, -0.2) is 0 Å². The normalized spacial score (nSPS) is 16.0. The van der Waals surface area contributed by atoms with Gasteiger partial charge in [-0.3, -0.25) is 9.59 Å². The predicted molar refractivity (Wildman–Crippen MR) is 84.0 cm³/mol. The number of ether oxygens (including phenoxy) is 1. The maximum atomic E-state index is 12.2. The molecule has 5 nitrogen and oxygen atoms in total. The minimum absolute atomic E-state index is 0.133. The number of methoxy groups -OCH3 is 1. The highest BCUT2D eigenvalue weighted by Gasteiger charge is 2.25. The number of carboxylic acid groups (broad SMARTS) is 1. The van der Waals surface area contributed by atoms with Crippen LogP contribution in [-0.4, -0.2) is 42.1 Å². The molecule has 0 bridgehead atoms. The molecule has 1 aromatic rings. The van der Waals surface area contributed by atoms with Crippen LogP contribution in [0.25, 0.3) is 6.08 Å². The van der Waals surface area contributed by atoms with Crippen molar-refractivity contribution in [2.75, 3.05) is 20.2 Å². The SMILES string of the molecule is COc1ccc(Cl)cc1/C=C/C(=O)N1CCC(C(=O)O)CC1. The van der Waals surface area contributed by atoms with Crippen molar-refractivity contribution < 1.29 is 19.4 Å². The number of piperidine rings is 1. The number of hydrogen-bond acceptors (Lipinski definition) is 3. The number of amides is 1. The van der Waals surface area contributed by atoms with Gasteiger partial charge in [-0.05, 0) is 37.1 Å². The Morgan fingerprint density at radius 1 is 1.36 bits per heavy atom. The van der Waals surface area contributed by atoms with Gasteiger partial charge >= 0.3 is 5.97 Å². The Hall–Kier alpha value is -2.01. The summed E-state index contributed by atoms with van der Waals surface area (Å²) in [7, 11) is 1.55. The number of carbonyl (C=O) groups is 2. The van der Waals surface area contributed by atoms with E-state index in [4.69, 9.17) is 21.4 Å². The van der Waals surface area contributed by atoms with E-state index in [0.29, 0.717) is 36.7 Å². The number of halogens is 1. The first kappa shape index (κ1) is 16.4. The number of nitrogens with zero attached hydrogens (tertiary/aromatic N) is 1. The van der Waals surface area contributed by atoms with Gasteiger partial charge in [0, 0.05) is 29.8 Å². The van der Waals surface area contributed by atoms with Crippen molar-refractivity contribution in [2.45, 2.75) is 12.8 Å². The monoisotopic (exact) mass is 323 g/mol. The van der Waals surface area contributed by atoms with E-state index < -0.39 is 5.97 Å². The zero-order valence-corrected chi connectivity index (χ0v) is 13.0. The van der Waals surface area contributed by atoms with Gasteiger partial charge in [0.25, 0.3) is 0 Å². The van der Waals surface area contributed by atoms with E-state index in [1.54, 1.807) is 36.3 Å². The molecule has 118 valence electrons. The number of benzene rings is 1. The molecule has 0 saturated carbocycles. The summed E-state index contributed by atoms with van der Waals surface area (Å²) in [5.41, 5.74) is 0.726. The average Bonchev–Trinajstić information content (AvgIpc) is 2.52. The van der Waals surface area contributed by atoms with Crippen molar-refractivity contribution in [3.63, 3.8) is 0 Å². The summed E-state index contributed by atoms with van der Waals surface area (Å²) >= 11 is 5.94. The highest BCUT2D eigenvalue weighted by Crippen LogP contribution is 2.24. The first-order valence-corrected chi connectivity index (χ1v) is 7.42. The molecule has 1 aromatic carbocycles. The van der Waals surface area contributed by atoms with Gasteiger partial charge in [0.15, 0.2) is 0 Å². The van der Waals surface area contributed by atoms with Gasteiger partial charge in [0.05, 0.1) is 13.0 Å². The van der Waals surface area contributed by atoms with Crippen LogP contribution in [0.4, 0.5) is 0 Å². The Morgan fingerprint density at radius 3 is 2.64 bits per heavy atom. The van der Waals surface area contributed by atoms with Crippen LogP contribution < -0.4 is 4.74 Å². The van der Waals surface area contributed by atoms with Crippen molar-refractivity contribution >= 4 is 29.6 Å². The first-order chi connectivity index (χ1) is 10.5. The van der Waals surface area contributed by atoms with Crippen LogP contribution in [0.1, 0.15) is 18.4 Å². The average molecular weight is 324 g/mol. The van der Waals surface area contributed by atoms with Crippen molar-refractivity contribution in [1.29, 1.82) is 0 Å². The third kappa shape index (κ3) is 4.01. The molecule has 1 fully saturated rings. The van der Waals surface area contributed by atoms with E-state index in [0.717, 1.165) is 5.56 Å². The van der Waals surface area contributed by atoms with Gasteiger partial charge < -0.3 is 14.7 Å². The lowest BCUT2D eigenvalue weighted by atomic mass is 9.97. The highest BCUT2D eigenvalue weighted by atomic mass is 35.5. The van der Waals surface area contributed by atoms with Crippen LogP contribution in [0.2, 0.25) is 5.02 Å². The van der Waals surface area contributed by atoms with Gasteiger partial charge in [0.2, 0.25) is 5.91 Å². The van der Waals surface area contributed by atoms with E-state index in [-0.39, 0.29) is 11.8 Å². The van der Waals surface area contributed by atoms with Crippen molar-refractivity contribution in [3.8, 4) is 5.75 Å². The molecule has 1 aliphatic heterocycles. The van der Waals surface area contributed by atoms with E-state index in [1.165, 1.54) is 6.08 Å². The summed E-state index contributed by atoms with van der Waals surface area (Å²) in [4.78, 5) is 24.7. The van der Waals surface area contributed by atoms with E-state index >= 15 is 0 Å². The van der Waals surface area contributed by atoms with Gasteiger partial charge in [-0.2, -0.15) is 0 Å². The highest BCUT2D eigenvalue weighted by molar-refractivity contribution is 6.30. The Labute approximate surface area is 134 Å². The molecule has 2 rings (SSSR count). The molecule has 22 heavy (non-hydrogen) atoms. The molecule has 0 atom stereocenters. The molecule has 0 aromatic heterocycles. The van der Waals surface area contributed by atoms with Crippen LogP contribution in [0.3, 0.4) is 0 Å². The maximum Gasteiger partial charge on any atom is 0.306 e. The summed E-state index contributed by atoms with van der Waals surface area (Å²) in [6, 6.07) is 5.18. The van der Waals surface area contributed by atoms with Crippen molar-refractivity contribution in [1.82, 2.24) is 4.90 Å². The summed E-state index contributed by atoms with van der Waals surface area (Å²) < 4.78 is 5.22. The molecular formula is C16H18ClNO4. The van der Waals surface area contributed by atoms with Crippen LogP contribution in [0, 0.1) is 5.92 Å². The molecule has 0 radical (unpaired) electrons. The van der Waals surface area contributed by atoms with Crippen molar-refractivity contribution in [3.05, 3.63) is 34.9 Å². The lowest BCUT2D eigenvalue weighted by Gasteiger charge is -2.29. The Balaban J connectivity index is 2.00. The third-order valence-corrected chi connectivity index (χ3v) is 3.99. The fraction of sp³-hybridized carbons (Fsp3) is 0.375. The Kier molecular flexibility index (Phi) is 5.44. The Morgan fingerprint density at radius 2 is 2.05 bits per heavy atom. The largest absolute Gasteiger partial charge is 0.496 e. The third-order valence-electron chi connectivity index (χ3n) is 3.75. The van der Waals surface area contributed by atoms with Crippen molar-refractivity contribution in [2.24, 2.45) is 5.92 Å². The minimum Gasteiger partial charge on any atom is -0.496 e. The Bertz CT molecular complexity index is 592. The van der Waals surface area contributed by atoms with Gasteiger partial charge in [-0.1, -0.05) is 11.6 Å². The molecule has 1 heterocycles. The van der Waals surface area contributed by atoms with E-state index in [2.05, 4.69) is 0 Å². The molecule has 0 unspecified atom stereocenters. The van der Waals surface area contributed by atoms with E-state index in [9.17, 15) is 9.59 Å². The minimum atomic E-state index is -0.786.